The van der Waals surface area contributed by atoms with Gasteiger partial charge in [-0.15, -0.1) is 0 Å². The second-order valence-electron chi connectivity index (χ2n) is 3.74. The summed E-state index contributed by atoms with van der Waals surface area (Å²) >= 11 is 6.07. The van der Waals surface area contributed by atoms with Crippen LogP contribution in [0.4, 0.5) is 0 Å². The van der Waals surface area contributed by atoms with E-state index in [0.29, 0.717) is 29.4 Å². The first-order valence-electron chi connectivity index (χ1n) is 5.48. The number of hydrogen-bond donors (Lipinski definition) is 2. The van der Waals surface area contributed by atoms with Crippen molar-refractivity contribution in [3.05, 3.63) is 40.4 Å². The molecule has 0 bridgehead atoms. The maximum absolute atomic E-state index is 10.6. The van der Waals surface area contributed by atoms with Crippen LogP contribution in [-0.4, -0.2) is 24.7 Å². The lowest BCUT2D eigenvalue weighted by Gasteiger charge is -2.10. The van der Waals surface area contributed by atoms with E-state index in [9.17, 15) is 4.79 Å². The third kappa shape index (κ3) is 4.05. The molecule has 0 aromatic heterocycles. The molecule has 0 aliphatic heterocycles. The quantitative estimate of drug-likeness (QED) is 0.615. The molecule has 0 heterocycles. The van der Waals surface area contributed by atoms with Crippen LogP contribution in [0.25, 0.3) is 0 Å². The highest BCUT2D eigenvalue weighted by Gasteiger charge is 2.06. The van der Waals surface area contributed by atoms with Crippen molar-refractivity contribution < 1.29 is 14.6 Å². The zero-order valence-corrected chi connectivity index (χ0v) is 11.1. The van der Waals surface area contributed by atoms with Crippen molar-refractivity contribution in [3.63, 3.8) is 0 Å². The molecule has 0 fully saturated rings. The van der Waals surface area contributed by atoms with E-state index in [1.54, 1.807) is 26.2 Å². The van der Waals surface area contributed by atoms with Gasteiger partial charge in [0, 0.05) is 29.2 Å². The molecule has 1 rings (SSSR count). The van der Waals surface area contributed by atoms with Crippen molar-refractivity contribution in [2.75, 3.05) is 13.7 Å². The molecule has 0 aliphatic carbocycles. The summed E-state index contributed by atoms with van der Waals surface area (Å²) in [5.41, 5.74) is 1.18. The predicted molar refractivity (Wildman–Crippen MR) is 71.1 cm³/mol. The molecule has 4 nitrogen and oxygen atoms in total. The van der Waals surface area contributed by atoms with Crippen molar-refractivity contribution in [1.29, 1.82) is 0 Å². The van der Waals surface area contributed by atoms with E-state index in [1.807, 2.05) is 12.1 Å². The average molecular weight is 270 g/mol. The number of rotatable bonds is 6. The van der Waals surface area contributed by atoms with Crippen LogP contribution >= 0.6 is 11.6 Å². The van der Waals surface area contributed by atoms with Crippen molar-refractivity contribution >= 4 is 17.6 Å². The van der Waals surface area contributed by atoms with Gasteiger partial charge in [0.25, 0.3) is 0 Å². The molecule has 98 valence electrons. The summed E-state index contributed by atoms with van der Waals surface area (Å²) in [6.07, 6.45) is 1.62. The van der Waals surface area contributed by atoms with Gasteiger partial charge in [0.05, 0.1) is 7.11 Å². The molecule has 18 heavy (non-hydrogen) atoms. The molecule has 0 atom stereocenters. The van der Waals surface area contributed by atoms with Crippen LogP contribution in [0.2, 0.25) is 5.02 Å². The van der Waals surface area contributed by atoms with Gasteiger partial charge in [-0.25, -0.2) is 4.79 Å². The number of ether oxygens (including phenoxy) is 1. The number of aliphatic carboxylic acids is 1. The molecule has 0 radical (unpaired) electrons. The molecule has 0 saturated carbocycles. The fourth-order valence-electron chi connectivity index (χ4n) is 1.41. The smallest absolute Gasteiger partial charge is 0.330 e. The van der Waals surface area contributed by atoms with Crippen LogP contribution in [0.5, 0.6) is 5.75 Å². The fraction of sp³-hybridized carbons (Fsp3) is 0.308. The molecular weight excluding hydrogens is 254 g/mol. The topological polar surface area (TPSA) is 58.6 Å². The molecule has 0 unspecified atom stereocenters. The lowest BCUT2D eigenvalue weighted by Crippen LogP contribution is -2.15. The van der Waals surface area contributed by atoms with Gasteiger partial charge in [-0.05, 0) is 19.1 Å². The van der Waals surface area contributed by atoms with Gasteiger partial charge in [0.1, 0.15) is 5.75 Å². The Balaban J connectivity index is 2.59. The Bertz CT molecular complexity index is 458. The first-order valence-corrected chi connectivity index (χ1v) is 5.86. The van der Waals surface area contributed by atoms with Crippen molar-refractivity contribution in [2.45, 2.75) is 13.5 Å². The number of carbonyl (C=O) groups is 1. The highest BCUT2D eigenvalue weighted by atomic mass is 35.5. The molecule has 0 amide bonds. The van der Waals surface area contributed by atoms with Crippen LogP contribution in [-0.2, 0) is 11.3 Å². The Kier molecular flexibility index (Phi) is 5.68. The summed E-state index contributed by atoms with van der Waals surface area (Å²) in [6.45, 7) is 2.54. The third-order valence-corrected chi connectivity index (χ3v) is 2.84. The first-order chi connectivity index (χ1) is 8.56. The Labute approximate surface area is 111 Å². The van der Waals surface area contributed by atoms with Crippen LogP contribution in [0.3, 0.4) is 0 Å². The number of hydrogen-bond acceptors (Lipinski definition) is 3. The SMILES string of the molecule is COc1cccc(Cl)c1CNC/C=C(/C)C(=O)O. The van der Waals surface area contributed by atoms with E-state index in [2.05, 4.69) is 5.32 Å². The summed E-state index contributed by atoms with van der Waals surface area (Å²) in [5, 5.41) is 12.4. The largest absolute Gasteiger partial charge is 0.496 e. The minimum absolute atomic E-state index is 0.314. The van der Waals surface area contributed by atoms with Gasteiger partial charge in [0.15, 0.2) is 0 Å². The van der Waals surface area contributed by atoms with E-state index < -0.39 is 5.97 Å². The minimum atomic E-state index is -0.910. The summed E-state index contributed by atoms with van der Waals surface area (Å²) < 4.78 is 5.21. The first kappa shape index (κ1) is 14.5. The zero-order chi connectivity index (χ0) is 13.5. The lowest BCUT2D eigenvalue weighted by atomic mass is 10.2. The molecule has 2 N–H and O–H groups in total. The predicted octanol–water partition coefficient (Wildman–Crippen LogP) is 2.47. The van der Waals surface area contributed by atoms with Crippen LogP contribution < -0.4 is 10.1 Å². The molecule has 5 heteroatoms. The van der Waals surface area contributed by atoms with E-state index in [4.69, 9.17) is 21.4 Å². The second kappa shape index (κ2) is 7.03. The normalized spacial score (nSPS) is 11.4. The summed E-state index contributed by atoms with van der Waals surface area (Å²) in [4.78, 5) is 10.6. The third-order valence-electron chi connectivity index (χ3n) is 2.49. The number of benzene rings is 1. The van der Waals surface area contributed by atoms with E-state index in [1.165, 1.54) is 0 Å². The molecule has 1 aromatic carbocycles. The number of nitrogens with one attached hydrogen (secondary N) is 1. The van der Waals surface area contributed by atoms with Gasteiger partial charge in [-0.1, -0.05) is 23.7 Å². The van der Waals surface area contributed by atoms with Gasteiger partial charge < -0.3 is 15.2 Å². The molecule has 0 aliphatic rings. The summed E-state index contributed by atoms with van der Waals surface area (Å²) in [5.74, 6) is -0.193. The van der Waals surface area contributed by atoms with E-state index >= 15 is 0 Å². The Morgan fingerprint density at radius 3 is 2.89 bits per heavy atom. The molecule has 0 saturated heterocycles. The second-order valence-corrected chi connectivity index (χ2v) is 4.15. The van der Waals surface area contributed by atoms with Crippen LogP contribution in [0, 0.1) is 0 Å². The number of methoxy groups -OCH3 is 1. The zero-order valence-electron chi connectivity index (χ0n) is 10.4. The number of carboxylic acid groups (broad SMARTS) is 1. The van der Waals surface area contributed by atoms with Crippen molar-refractivity contribution in [3.8, 4) is 5.75 Å². The van der Waals surface area contributed by atoms with Crippen LogP contribution in [0.1, 0.15) is 12.5 Å². The molecular formula is C13H16ClNO3. The Morgan fingerprint density at radius 2 is 2.28 bits per heavy atom. The van der Waals surface area contributed by atoms with Crippen molar-refractivity contribution in [2.24, 2.45) is 0 Å². The van der Waals surface area contributed by atoms with Gasteiger partial charge >= 0.3 is 5.97 Å². The lowest BCUT2D eigenvalue weighted by molar-refractivity contribution is -0.132. The van der Waals surface area contributed by atoms with Gasteiger partial charge in [0.2, 0.25) is 0 Å². The monoisotopic (exact) mass is 269 g/mol. The maximum atomic E-state index is 10.6. The van der Waals surface area contributed by atoms with E-state index in [0.717, 1.165) is 5.56 Å². The van der Waals surface area contributed by atoms with Gasteiger partial charge in [-0.3, -0.25) is 0 Å². The number of carboxylic acids is 1. The Hall–Kier alpha value is -1.52. The maximum Gasteiger partial charge on any atom is 0.330 e. The summed E-state index contributed by atoms with van der Waals surface area (Å²) in [7, 11) is 1.59. The average Bonchev–Trinajstić information content (AvgIpc) is 2.35. The highest BCUT2D eigenvalue weighted by Crippen LogP contribution is 2.25. The molecule has 1 aromatic rings. The summed E-state index contributed by atoms with van der Waals surface area (Å²) in [6, 6.07) is 5.44. The highest BCUT2D eigenvalue weighted by molar-refractivity contribution is 6.31. The van der Waals surface area contributed by atoms with E-state index in [-0.39, 0.29) is 0 Å². The standard InChI is InChI=1S/C13H16ClNO3/c1-9(13(16)17)6-7-15-8-10-11(14)4-3-5-12(10)18-2/h3-6,15H,7-8H2,1-2H3,(H,16,17)/b9-6-. The number of halogens is 1. The van der Waals surface area contributed by atoms with Crippen molar-refractivity contribution in [1.82, 2.24) is 5.32 Å². The fourth-order valence-corrected chi connectivity index (χ4v) is 1.64. The molecule has 0 spiro atoms. The van der Waals surface area contributed by atoms with Gasteiger partial charge in [-0.2, -0.15) is 0 Å². The Morgan fingerprint density at radius 1 is 1.56 bits per heavy atom. The van der Waals surface area contributed by atoms with Crippen LogP contribution in [0.15, 0.2) is 29.8 Å². The minimum Gasteiger partial charge on any atom is -0.496 e.